The number of ketones is 1. The minimum atomic E-state index is 0.471. The van der Waals surface area contributed by atoms with Crippen molar-refractivity contribution in [3.05, 3.63) is 0 Å². The molecule has 0 spiro atoms. The number of Topliss-reactive ketones (excluding diaryl/α,β-unsaturated/α-hetero) is 1. The molecule has 0 bridgehead atoms. The Hall–Kier alpha value is -0.370. The Labute approximate surface area is 86.0 Å². The lowest BCUT2D eigenvalue weighted by Gasteiger charge is -2.21. The zero-order valence-corrected chi connectivity index (χ0v) is 8.84. The molecule has 1 unspecified atom stereocenters. The van der Waals surface area contributed by atoms with Crippen LogP contribution in [0.3, 0.4) is 0 Å². The maximum Gasteiger partial charge on any atom is 0.132 e. The van der Waals surface area contributed by atoms with E-state index in [1.807, 2.05) is 0 Å². The summed E-state index contributed by atoms with van der Waals surface area (Å²) in [4.78, 5) is 11.0. The molecule has 0 aromatic heterocycles. The minimum Gasteiger partial charge on any atom is -0.378 e. The summed E-state index contributed by atoms with van der Waals surface area (Å²) in [6, 6.07) is 0. The SMILES string of the molecule is O=C1CCC(CCC2CCCO2)CC1. The summed E-state index contributed by atoms with van der Waals surface area (Å²) in [6.45, 7) is 0.966. The molecule has 2 aliphatic rings. The van der Waals surface area contributed by atoms with E-state index >= 15 is 0 Å². The van der Waals surface area contributed by atoms with Crippen LogP contribution in [0.5, 0.6) is 0 Å². The van der Waals surface area contributed by atoms with Gasteiger partial charge >= 0.3 is 0 Å². The molecule has 14 heavy (non-hydrogen) atoms. The molecule has 0 N–H and O–H groups in total. The normalized spacial score (nSPS) is 29.7. The molecule has 0 amide bonds. The van der Waals surface area contributed by atoms with Crippen molar-refractivity contribution in [2.75, 3.05) is 6.61 Å². The van der Waals surface area contributed by atoms with Gasteiger partial charge in [-0.2, -0.15) is 0 Å². The fraction of sp³-hybridized carbons (Fsp3) is 0.917. The van der Waals surface area contributed by atoms with Crippen LogP contribution in [-0.4, -0.2) is 18.5 Å². The number of hydrogen-bond donors (Lipinski definition) is 0. The van der Waals surface area contributed by atoms with Crippen molar-refractivity contribution in [2.45, 2.75) is 57.5 Å². The molecule has 0 aromatic carbocycles. The standard InChI is InChI=1S/C12H20O2/c13-11-6-3-10(4-7-11)5-8-12-2-1-9-14-12/h10,12H,1-9H2. The Morgan fingerprint density at radius 2 is 1.93 bits per heavy atom. The van der Waals surface area contributed by atoms with Gasteiger partial charge in [-0.25, -0.2) is 0 Å². The van der Waals surface area contributed by atoms with Gasteiger partial charge in [-0.15, -0.1) is 0 Å². The minimum absolute atomic E-state index is 0.471. The Morgan fingerprint density at radius 1 is 1.14 bits per heavy atom. The molecule has 80 valence electrons. The second kappa shape index (κ2) is 4.92. The number of carbonyl (C=O) groups excluding carboxylic acids is 1. The highest BCUT2D eigenvalue weighted by atomic mass is 16.5. The fourth-order valence-electron chi connectivity index (χ4n) is 2.58. The molecule has 2 nitrogen and oxygen atoms in total. The van der Waals surface area contributed by atoms with Gasteiger partial charge in [-0.3, -0.25) is 4.79 Å². The maximum absolute atomic E-state index is 11.0. The first-order valence-corrected chi connectivity index (χ1v) is 5.98. The molecule has 1 aliphatic carbocycles. The van der Waals surface area contributed by atoms with E-state index < -0.39 is 0 Å². The molecule has 2 fully saturated rings. The van der Waals surface area contributed by atoms with Crippen LogP contribution in [-0.2, 0) is 9.53 Å². The smallest absolute Gasteiger partial charge is 0.132 e. The third kappa shape index (κ3) is 2.81. The Morgan fingerprint density at radius 3 is 2.57 bits per heavy atom. The number of ether oxygens (including phenoxy) is 1. The molecule has 1 saturated heterocycles. The van der Waals surface area contributed by atoms with Gasteiger partial charge in [0.25, 0.3) is 0 Å². The highest BCUT2D eigenvalue weighted by molar-refractivity contribution is 5.78. The summed E-state index contributed by atoms with van der Waals surface area (Å²) in [5.74, 6) is 1.27. The average molecular weight is 196 g/mol. The first-order valence-electron chi connectivity index (χ1n) is 5.98. The van der Waals surface area contributed by atoms with E-state index in [0.717, 1.165) is 38.2 Å². The van der Waals surface area contributed by atoms with E-state index in [9.17, 15) is 4.79 Å². The van der Waals surface area contributed by atoms with E-state index in [1.54, 1.807) is 0 Å². The molecule has 2 rings (SSSR count). The second-order valence-corrected chi connectivity index (χ2v) is 4.69. The zero-order chi connectivity index (χ0) is 9.80. The quantitative estimate of drug-likeness (QED) is 0.693. The predicted molar refractivity (Wildman–Crippen MR) is 55.2 cm³/mol. The van der Waals surface area contributed by atoms with Gasteiger partial charge in [-0.1, -0.05) is 0 Å². The summed E-state index contributed by atoms with van der Waals surface area (Å²) < 4.78 is 5.60. The summed E-state index contributed by atoms with van der Waals surface area (Å²) in [7, 11) is 0. The summed E-state index contributed by atoms with van der Waals surface area (Å²) >= 11 is 0. The van der Waals surface area contributed by atoms with Crippen molar-refractivity contribution >= 4 is 5.78 Å². The first-order chi connectivity index (χ1) is 6.84. The summed E-state index contributed by atoms with van der Waals surface area (Å²) in [5, 5.41) is 0. The van der Waals surface area contributed by atoms with Crippen LogP contribution in [0, 0.1) is 5.92 Å². The Kier molecular flexibility index (Phi) is 3.57. The number of carbonyl (C=O) groups is 1. The third-order valence-corrected chi connectivity index (χ3v) is 3.58. The van der Waals surface area contributed by atoms with Gasteiger partial charge < -0.3 is 4.74 Å². The average Bonchev–Trinajstić information content (AvgIpc) is 2.70. The van der Waals surface area contributed by atoms with E-state index in [1.165, 1.54) is 25.7 Å². The lowest BCUT2D eigenvalue weighted by molar-refractivity contribution is -0.121. The van der Waals surface area contributed by atoms with Gasteiger partial charge in [-0.05, 0) is 44.4 Å². The molecule has 2 heteroatoms. The molecular weight excluding hydrogens is 176 g/mol. The third-order valence-electron chi connectivity index (χ3n) is 3.58. The van der Waals surface area contributed by atoms with Crippen LogP contribution in [0.1, 0.15) is 51.4 Å². The van der Waals surface area contributed by atoms with E-state index in [0.29, 0.717) is 11.9 Å². The van der Waals surface area contributed by atoms with E-state index in [4.69, 9.17) is 4.74 Å². The van der Waals surface area contributed by atoms with Crippen molar-refractivity contribution < 1.29 is 9.53 Å². The largest absolute Gasteiger partial charge is 0.378 e. The lowest BCUT2D eigenvalue weighted by atomic mass is 9.84. The zero-order valence-electron chi connectivity index (χ0n) is 8.84. The second-order valence-electron chi connectivity index (χ2n) is 4.69. The molecule has 1 atom stereocenters. The van der Waals surface area contributed by atoms with Crippen molar-refractivity contribution in [3.63, 3.8) is 0 Å². The van der Waals surface area contributed by atoms with Gasteiger partial charge in [0.1, 0.15) is 5.78 Å². The van der Waals surface area contributed by atoms with Crippen molar-refractivity contribution in [1.82, 2.24) is 0 Å². The maximum atomic E-state index is 11.0. The summed E-state index contributed by atoms with van der Waals surface area (Å²) in [6.07, 6.45) is 9.45. The van der Waals surface area contributed by atoms with Crippen LogP contribution in [0.15, 0.2) is 0 Å². The molecule has 1 heterocycles. The van der Waals surface area contributed by atoms with Crippen LogP contribution in [0.2, 0.25) is 0 Å². The fourth-order valence-corrected chi connectivity index (χ4v) is 2.58. The highest BCUT2D eigenvalue weighted by Crippen LogP contribution is 2.28. The molecule has 1 saturated carbocycles. The molecule has 0 radical (unpaired) electrons. The Balaban J connectivity index is 1.63. The number of rotatable bonds is 3. The number of hydrogen-bond acceptors (Lipinski definition) is 2. The van der Waals surface area contributed by atoms with Gasteiger partial charge in [0.15, 0.2) is 0 Å². The van der Waals surface area contributed by atoms with E-state index in [-0.39, 0.29) is 0 Å². The van der Waals surface area contributed by atoms with Gasteiger partial charge in [0.2, 0.25) is 0 Å². The predicted octanol–water partition coefficient (Wildman–Crippen LogP) is 2.70. The van der Waals surface area contributed by atoms with Crippen LogP contribution < -0.4 is 0 Å². The van der Waals surface area contributed by atoms with Crippen molar-refractivity contribution in [3.8, 4) is 0 Å². The van der Waals surface area contributed by atoms with Gasteiger partial charge in [0, 0.05) is 19.4 Å². The van der Waals surface area contributed by atoms with Crippen molar-refractivity contribution in [1.29, 1.82) is 0 Å². The van der Waals surface area contributed by atoms with Crippen molar-refractivity contribution in [2.24, 2.45) is 5.92 Å². The van der Waals surface area contributed by atoms with Crippen LogP contribution in [0.25, 0.3) is 0 Å². The van der Waals surface area contributed by atoms with Gasteiger partial charge in [0.05, 0.1) is 6.10 Å². The highest BCUT2D eigenvalue weighted by Gasteiger charge is 2.21. The summed E-state index contributed by atoms with van der Waals surface area (Å²) in [5.41, 5.74) is 0. The molecule has 1 aliphatic heterocycles. The van der Waals surface area contributed by atoms with Crippen LogP contribution >= 0.6 is 0 Å². The molecular formula is C12H20O2. The topological polar surface area (TPSA) is 26.3 Å². The van der Waals surface area contributed by atoms with Crippen LogP contribution in [0.4, 0.5) is 0 Å². The first kappa shape index (κ1) is 10.2. The monoisotopic (exact) mass is 196 g/mol. The van der Waals surface area contributed by atoms with E-state index in [2.05, 4.69) is 0 Å². The Bertz CT molecular complexity index is 184. The lowest BCUT2D eigenvalue weighted by Crippen LogP contribution is -2.16. The molecule has 0 aromatic rings.